The molecule has 110 valence electrons. The van der Waals surface area contributed by atoms with Gasteiger partial charge in [0, 0.05) is 0 Å². The first-order valence-corrected chi connectivity index (χ1v) is 7.40. The topological polar surface area (TPSA) is 63.5 Å². The summed E-state index contributed by atoms with van der Waals surface area (Å²) < 4.78 is -0.892. The van der Waals surface area contributed by atoms with Gasteiger partial charge in [-0.25, -0.2) is 0 Å². The number of aliphatic hydroxyl groups excluding tert-OH is 2. The van der Waals surface area contributed by atoms with Crippen LogP contribution in [0.1, 0.15) is 71.6 Å². The van der Waals surface area contributed by atoms with Crippen LogP contribution in [-0.2, 0) is 0 Å². The highest BCUT2D eigenvalue weighted by Crippen LogP contribution is 2.17. The summed E-state index contributed by atoms with van der Waals surface area (Å²) >= 11 is 0. The Morgan fingerprint density at radius 2 is 1.33 bits per heavy atom. The molecule has 0 radical (unpaired) electrons. The van der Waals surface area contributed by atoms with Gasteiger partial charge >= 0.3 is 0 Å². The summed E-state index contributed by atoms with van der Waals surface area (Å²) in [5.41, 5.74) is 0. The Hall–Kier alpha value is -0.160. The first kappa shape index (κ1) is 17.8. The number of unbranched alkanes of at least 4 members (excludes halogenated alkanes) is 7. The lowest BCUT2D eigenvalue weighted by atomic mass is 10.0. The van der Waals surface area contributed by atoms with Gasteiger partial charge in [-0.3, -0.25) is 0 Å². The van der Waals surface area contributed by atoms with Gasteiger partial charge in [-0.05, 0) is 19.8 Å². The molecule has 18 heavy (non-hydrogen) atoms. The summed E-state index contributed by atoms with van der Waals surface area (Å²) in [6.07, 6.45) is 10.7. The molecular formula is C14H31NO3. The van der Waals surface area contributed by atoms with E-state index >= 15 is 0 Å². The number of aliphatic hydroxyl groups is 2. The van der Waals surface area contributed by atoms with Gasteiger partial charge in [0.1, 0.15) is 0 Å². The van der Waals surface area contributed by atoms with Crippen LogP contribution in [0.2, 0.25) is 0 Å². The lowest BCUT2D eigenvalue weighted by Crippen LogP contribution is -2.50. The molecule has 0 fully saturated rings. The minimum atomic E-state index is -0.892. The van der Waals surface area contributed by atoms with Crippen molar-refractivity contribution >= 4 is 0 Å². The molecule has 0 aliphatic carbocycles. The molecule has 0 amide bonds. The Labute approximate surface area is 112 Å². The van der Waals surface area contributed by atoms with E-state index in [2.05, 4.69) is 6.92 Å². The quantitative estimate of drug-likeness (QED) is 0.245. The van der Waals surface area contributed by atoms with E-state index in [1.165, 1.54) is 38.5 Å². The molecule has 0 aliphatic rings. The van der Waals surface area contributed by atoms with E-state index in [1.807, 2.05) is 0 Å². The third-order valence-electron chi connectivity index (χ3n) is 3.76. The number of quaternary nitrogens is 1. The maximum absolute atomic E-state index is 11.8. The van der Waals surface area contributed by atoms with Gasteiger partial charge in [-0.2, -0.15) is 0 Å². The summed E-state index contributed by atoms with van der Waals surface area (Å²) in [7, 11) is 0. The van der Waals surface area contributed by atoms with Crippen LogP contribution in [0.5, 0.6) is 0 Å². The molecule has 0 saturated heterocycles. The van der Waals surface area contributed by atoms with E-state index in [0.29, 0.717) is 0 Å². The molecule has 0 rings (SSSR count). The van der Waals surface area contributed by atoms with Crippen LogP contribution in [0.3, 0.4) is 0 Å². The SMILES string of the molecule is CCCCCCCCCCC(C)[N+]([O-])(CO)CO. The predicted octanol–water partition coefficient (Wildman–Crippen LogP) is 3.12. The van der Waals surface area contributed by atoms with Gasteiger partial charge in [0.25, 0.3) is 0 Å². The molecule has 0 heterocycles. The fourth-order valence-electron chi connectivity index (χ4n) is 2.13. The molecule has 4 nitrogen and oxygen atoms in total. The van der Waals surface area contributed by atoms with E-state index in [0.717, 1.165) is 19.3 Å². The van der Waals surface area contributed by atoms with E-state index < -0.39 is 18.1 Å². The van der Waals surface area contributed by atoms with Gasteiger partial charge in [-0.15, -0.1) is 0 Å². The number of hydroxylamine groups is 3. The maximum Gasteiger partial charge on any atom is 0.182 e. The van der Waals surface area contributed by atoms with Crippen molar-refractivity contribution in [2.75, 3.05) is 13.5 Å². The van der Waals surface area contributed by atoms with Crippen LogP contribution >= 0.6 is 0 Å². The standard InChI is InChI=1S/C14H31NO3/c1-3-4-5-6-7-8-9-10-11-14(2)15(18,12-16)13-17/h14,16-17H,3-13H2,1-2H3. The average molecular weight is 261 g/mol. The van der Waals surface area contributed by atoms with Crippen LogP contribution in [0, 0.1) is 5.21 Å². The summed E-state index contributed by atoms with van der Waals surface area (Å²) in [4.78, 5) is 0. The van der Waals surface area contributed by atoms with Crippen molar-refractivity contribution in [2.24, 2.45) is 0 Å². The van der Waals surface area contributed by atoms with Crippen molar-refractivity contribution in [1.29, 1.82) is 0 Å². The minimum Gasteiger partial charge on any atom is -0.629 e. The zero-order chi connectivity index (χ0) is 13.9. The van der Waals surface area contributed by atoms with Crippen LogP contribution in [0.25, 0.3) is 0 Å². The predicted molar refractivity (Wildman–Crippen MR) is 74.5 cm³/mol. The number of nitrogens with zero attached hydrogens (tertiary/aromatic N) is 1. The van der Waals surface area contributed by atoms with Crippen LogP contribution < -0.4 is 0 Å². The minimum absolute atomic E-state index is 0.222. The van der Waals surface area contributed by atoms with Crippen molar-refractivity contribution in [3.8, 4) is 0 Å². The first-order valence-electron chi connectivity index (χ1n) is 7.40. The smallest absolute Gasteiger partial charge is 0.182 e. The first-order chi connectivity index (χ1) is 8.60. The second kappa shape index (κ2) is 10.7. The van der Waals surface area contributed by atoms with Crippen molar-refractivity contribution < 1.29 is 14.9 Å². The fraction of sp³-hybridized carbons (Fsp3) is 1.00. The van der Waals surface area contributed by atoms with Gasteiger partial charge in [0.05, 0.1) is 6.04 Å². The van der Waals surface area contributed by atoms with E-state index in [-0.39, 0.29) is 6.04 Å². The second-order valence-corrected chi connectivity index (χ2v) is 5.35. The van der Waals surface area contributed by atoms with Gasteiger partial charge in [0.2, 0.25) is 0 Å². The van der Waals surface area contributed by atoms with E-state index in [4.69, 9.17) is 10.2 Å². The molecular weight excluding hydrogens is 230 g/mol. The fourth-order valence-corrected chi connectivity index (χ4v) is 2.13. The molecule has 4 heteroatoms. The van der Waals surface area contributed by atoms with Crippen molar-refractivity contribution in [3.63, 3.8) is 0 Å². The summed E-state index contributed by atoms with van der Waals surface area (Å²) in [6.45, 7) is 2.96. The highest BCUT2D eigenvalue weighted by molar-refractivity contribution is 4.54. The Kier molecular flexibility index (Phi) is 10.6. The normalized spacial score (nSPS) is 13.8. The van der Waals surface area contributed by atoms with Crippen LogP contribution in [-0.4, -0.2) is 34.4 Å². The largest absolute Gasteiger partial charge is 0.629 e. The second-order valence-electron chi connectivity index (χ2n) is 5.35. The Balaban J connectivity index is 3.48. The van der Waals surface area contributed by atoms with Gasteiger partial charge in [-0.1, -0.05) is 51.9 Å². The van der Waals surface area contributed by atoms with Crippen molar-refractivity contribution in [1.82, 2.24) is 0 Å². The molecule has 0 aromatic carbocycles. The van der Waals surface area contributed by atoms with Crippen LogP contribution in [0.15, 0.2) is 0 Å². The lowest BCUT2D eigenvalue weighted by Gasteiger charge is -2.43. The molecule has 0 aliphatic heterocycles. The van der Waals surface area contributed by atoms with Gasteiger partial charge in [0.15, 0.2) is 13.5 Å². The van der Waals surface area contributed by atoms with E-state index in [1.54, 1.807) is 6.92 Å². The number of hydrogen-bond donors (Lipinski definition) is 2. The Morgan fingerprint density at radius 3 is 1.78 bits per heavy atom. The summed E-state index contributed by atoms with van der Waals surface area (Å²) in [6, 6.07) is -0.222. The third-order valence-corrected chi connectivity index (χ3v) is 3.76. The molecule has 0 aromatic rings. The molecule has 1 atom stereocenters. The lowest BCUT2D eigenvalue weighted by molar-refractivity contribution is -0.938. The molecule has 2 N–H and O–H groups in total. The van der Waals surface area contributed by atoms with Crippen LogP contribution in [0.4, 0.5) is 0 Å². The van der Waals surface area contributed by atoms with E-state index in [9.17, 15) is 5.21 Å². The molecule has 0 saturated carbocycles. The highest BCUT2D eigenvalue weighted by atomic mass is 16.6. The number of hydrogen-bond acceptors (Lipinski definition) is 3. The molecule has 0 bridgehead atoms. The zero-order valence-corrected chi connectivity index (χ0v) is 12.1. The zero-order valence-electron chi connectivity index (χ0n) is 12.1. The number of rotatable bonds is 12. The molecule has 0 spiro atoms. The summed E-state index contributed by atoms with van der Waals surface area (Å²) in [5.74, 6) is 0. The molecule has 0 aromatic heterocycles. The maximum atomic E-state index is 11.8. The molecule has 1 unspecified atom stereocenters. The Morgan fingerprint density at radius 1 is 0.889 bits per heavy atom. The highest BCUT2D eigenvalue weighted by Gasteiger charge is 2.22. The third kappa shape index (κ3) is 7.31. The van der Waals surface area contributed by atoms with Crippen molar-refractivity contribution in [3.05, 3.63) is 5.21 Å². The average Bonchev–Trinajstić information content (AvgIpc) is 2.40. The summed E-state index contributed by atoms with van der Waals surface area (Å²) in [5, 5.41) is 29.8. The monoisotopic (exact) mass is 261 g/mol. The van der Waals surface area contributed by atoms with Crippen molar-refractivity contribution in [2.45, 2.75) is 77.7 Å². The Bertz CT molecular complexity index is 184. The van der Waals surface area contributed by atoms with Gasteiger partial charge < -0.3 is 20.1 Å².